The molecule has 0 radical (unpaired) electrons. The molecule has 0 aromatic heterocycles. The van der Waals surface area contributed by atoms with Crippen molar-refractivity contribution < 1.29 is 0 Å². The van der Waals surface area contributed by atoms with E-state index < -0.39 is 0 Å². The second-order valence-electron chi connectivity index (χ2n) is 3.23. The Morgan fingerprint density at radius 2 is 1.75 bits per heavy atom. The molecular weight excluding hydrogens is 168 g/mol. The van der Waals surface area contributed by atoms with E-state index in [-0.39, 0.29) is 0 Å². The van der Waals surface area contributed by atoms with Crippen LogP contribution in [0.25, 0.3) is 0 Å². The summed E-state index contributed by atoms with van der Waals surface area (Å²) in [6, 6.07) is 4.35. The van der Waals surface area contributed by atoms with Gasteiger partial charge in [0.2, 0.25) is 0 Å². The summed E-state index contributed by atoms with van der Waals surface area (Å²) in [6.07, 6.45) is 0.981. The molecule has 0 amide bonds. The van der Waals surface area contributed by atoms with E-state index in [1.165, 1.54) is 22.3 Å². The van der Waals surface area contributed by atoms with Gasteiger partial charge in [-0.05, 0) is 49.4 Å². The number of rotatable bonds is 2. The maximum atomic E-state index is 5.70. The van der Waals surface area contributed by atoms with Gasteiger partial charge in [-0.1, -0.05) is 12.1 Å². The van der Waals surface area contributed by atoms with Crippen LogP contribution in [0.4, 0.5) is 0 Å². The second kappa shape index (κ2) is 3.95. The molecule has 0 heterocycles. The van der Waals surface area contributed by atoms with E-state index in [0.29, 0.717) is 5.88 Å². The Kier molecular flexibility index (Phi) is 3.16. The van der Waals surface area contributed by atoms with E-state index in [1.54, 1.807) is 0 Å². The molecule has 0 aliphatic heterocycles. The quantitative estimate of drug-likeness (QED) is 0.616. The summed E-state index contributed by atoms with van der Waals surface area (Å²) in [4.78, 5) is 0. The van der Waals surface area contributed by atoms with Crippen LogP contribution in [0.1, 0.15) is 22.3 Å². The van der Waals surface area contributed by atoms with Crippen LogP contribution in [-0.2, 0) is 6.42 Å². The Bertz CT molecular complexity index is 277. The Labute approximate surface area is 79.6 Å². The predicted octanol–water partition coefficient (Wildman–Crippen LogP) is 3.39. The van der Waals surface area contributed by atoms with E-state index in [9.17, 15) is 0 Å². The second-order valence-corrected chi connectivity index (χ2v) is 3.61. The van der Waals surface area contributed by atoms with Crippen molar-refractivity contribution in [1.82, 2.24) is 0 Å². The molecule has 1 aromatic rings. The number of aryl methyl sites for hydroxylation is 2. The first-order chi connectivity index (χ1) is 5.66. The molecule has 0 fully saturated rings. The average Bonchev–Trinajstić information content (AvgIpc) is 2.07. The predicted molar refractivity (Wildman–Crippen MR) is 55.1 cm³/mol. The van der Waals surface area contributed by atoms with Crippen molar-refractivity contribution in [2.24, 2.45) is 0 Å². The number of halogens is 1. The Morgan fingerprint density at radius 1 is 1.08 bits per heavy atom. The topological polar surface area (TPSA) is 0 Å². The standard InChI is InChI=1S/C11H15Cl/c1-8-4-5-11(6-7-12)10(3)9(8)2/h4-5H,6-7H2,1-3H3. The molecule has 0 saturated carbocycles. The monoisotopic (exact) mass is 182 g/mol. The van der Waals surface area contributed by atoms with Crippen LogP contribution in [0.15, 0.2) is 12.1 Å². The lowest BCUT2D eigenvalue weighted by molar-refractivity contribution is 1.09. The molecule has 12 heavy (non-hydrogen) atoms. The van der Waals surface area contributed by atoms with Gasteiger partial charge in [-0.25, -0.2) is 0 Å². The van der Waals surface area contributed by atoms with Gasteiger partial charge in [0.25, 0.3) is 0 Å². The molecule has 0 bridgehead atoms. The SMILES string of the molecule is Cc1ccc(CCCl)c(C)c1C. The molecule has 0 aliphatic carbocycles. The van der Waals surface area contributed by atoms with E-state index >= 15 is 0 Å². The van der Waals surface area contributed by atoms with Gasteiger partial charge in [0, 0.05) is 5.88 Å². The Balaban J connectivity index is 3.08. The number of hydrogen-bond donors (Lipinski definition) is 0. The summed E-state index contributed by atoms with van der Waals surface area (Å²) in [5.74, 6) is 0.712. The van der Waals surface area contributed by atoms with Gasteiger partial charge in [-0.15, -0.1) is 11.6 Å². The van der Waals surface area contributed by atoms with E-state index in [4.69, 9.17) is 11.6 Å². The van der Waals surface area contributed by atoms with Gasteiger partial charge in [-0.2, -0.15) is 0 Å². The van der Waals surface area contributed by atoms with E-state index in [1.807, 2.05) is 0 Å². The number of hydrogen-bond acceptors (Lipinski definition) is 0. The summed E-state index contributed by atoms with van der Waals surface area (Å²) < 4.78 is 0. The van der Waals surface area contributed by atoms with Crippen LogP contribution in [0.3, 0.4) is 0 Å². The van der Waals surface area contributed by atoms with Crippen molar-refractivity contribution in [2.45, 2.75) is 27.2 Å². The molecule has 66 valence electrons. The van der Waals surface area contributed by atoms with Crippen molar-refractivity contribution in [3.63, 3.8) is 0 Å². The largest absolute Gasteiger partial charge is 0.126 e. The molecule has 0 N–H and O–H groups in total. The van der Waals surface area contributed by atoms with Gasteiger partial charge >= 0.3 is 0 Å². The van der Waals surface area contributed by atoms with E-state index in [2.05, 4.69) is 32.9 Å². The Morgan fingerprint density at radius 3 is 2.33 bits per heavy atom. The van der Waals surface area contributed by atoms with Crippen LogP contribution in [0.5, 0.6) is 0 Å². The maximum absolute atomic E-state index is 5.70. The molecule has 1 rings (SSSR count). The molecule has 0 atom stereocenters. The minimum Gasteiger partial charge on any atom is -0.126 e. The summed E-state index contributed by atoms with van der Waals surface area (Å²) in [5.41, 5.74) is 5.55. The molecule has 0 saturated heterocycles. The molecule has 0 aliphatic rings. The van der Waals surface area contributed by atoms with Gasteiger partial charge < -0.3 is 0 Å². The van der Waals surface area contributed by atoms with Crippen molar-refractivity contribution in [1.29, 1.82) is 0 Å². The van der Waals surface area contributed by atoms with Gasteiger partial charge in [-0.3, -0.25) is 0 Å². The van der Waals surface area contributed by atoms with Crippen LogP contribution < -0.4 is 0 Å². The number of benzene rings is 1. The molecular formula is C11H15Cl. The van der Waals surface area contributed by atoms with Gasteiger partial charge in [0.05, 0.1) is 0 Å². The summed E-state index contributed by atoms with van der Waals surface area (Å²) in [7, 11) is 0. The minimum absolute atomic E-state index is 0.712. The van der Waals surface area contributed by atoms with Crippen molar-refractivity contribution in [3.05, 3.63) is 34.4 Å². The van der Waals surface area contributed by atoms with Gasteiger partial charge in [0.15, 0.2) is 0 Å². The minimum atomic E-state index is 0.712. The van der Waals surface area contributed by atoms with Crippen molar-refractivity contribution in [3.8, 4) is 0 Å². The highest BCUT2D eigenvalue weighted by Crippen LogP contribution is 2.17. The molecule has 0 unspecified atom stereocenters. The first-order valence-corrected chi connectivity index (χ1v) is 4.82. The zero-order valence-corrected chi connectivity index (χ0v) is 8.70. The van der Waals surface area contributed by atoms with Gasteiger partial charge in [0.1, 0.15) is 0 Å². The first kappa shape index (κ1) is 9.60. The zero-order valence-electron chi connectivity index (χ0n) is 7.95. The Hall–Kier alpha value is -0.490. The fourth-order valence-electron chi connectivity index (χ4n) is 1.38. The first-order valence-electron chi connectivity index (χ1n) is 4.28. The third-order valence-corrected chi connectivity index (χ3v) is 2.72. The fraction of sp³-hybridized carbons (Fsp3) is 0.455. The molecule has 1 aromatic carbocycles. The molecule has 0 nitrogen and oxygen atoms in total. The highest BCUT2D eigenvalue weighted by atomic mass is 35.5. The summed E-state index contributed by atoms with van der Waals surface area (Å²) in [6.45, 7) is 6.49. The maximum Gasteiger partial charge on any atom is 0.0264 e. The molecule has 1 heteroatoms. The summed E-state index contributed by atoms with van der Waals surface area (Å²) in [5, 5.41) is 0. The van der Waals surface area contributed by atoms with Crippen LogP contribution in [0, 0.1) is 20.8 Å². The fourth-order valence-corrected chi connectivity index (χ4v) is 1.59. The smallest absolute Gasteiger partial charge is 0.0264 e. The number of alkyl halides is 1. The summed E-state index contributed by atoms with van der Waals surface area (Å²) >= 11 is 5.70. The highest BCUT2D eigenvalue weighted by Gasteiger charge is 2.01. The van der Waals surface area contributed by atoms with E-state index in [0.717, 1.165) is 6.42 Å². The lowest BCUT2D eigenvalue weighted by Crippen LogP contribution is -1.95. The average molecular weight is 183 g/mol. The van der Waals surface area contributed by atoms with Crippen molar-refractivity contribution >= 4 is 11.6 Å². The third kappa shape index (κ3) is 1.81. The third-order valence-electron chi connectivity index (χ3n) is 2.53. The zero-order chi connectivity index (χ0) is 9.14. The lowest BCUT2D eigenvalue weighted by Gasteiger charge is -2.09. The van der Waals surface area contributed by atoms with Crippen LogP contribution in [-0.4, -0.2) is 5.88 Å². The molecule has 0 spiro atoms. The highest BCUT2D eigenvalue weighted by molar-refractivity contribution is 6.18. The van der Waals surface area contributed by atoms with Crippen molar-refractivity contribution in [2.75, 3.05) is 5.88 Å². The lowest BCUT2D eigenvalue weighted by atomic mass is 9.98. The van der Waals surface area contributed by atoms with Crippen LogP contribution >= 0.6 is 11.6 Å². The van der Waals surface area contributed by atoms with Crippen LogP contribution in [0.2, 0.25) is 0 Å². The normalized spacial score (nSPS) is 10.3.